The lowest BCUT2D eigenvalue weighted by Crippen LogP contribution is -2.25. The van der Waals surface area contributed by atoms with Crippen LogP contribution in [0.3, 0.4) is 0 Å². The van der Waals surface area contributed by atoms with Crippen molar-refractivity contribution in [3.63, 3.8) is 0 Å². The normalized spacial score (nSPS) is 16.8. The summed E-state index contributed by atoms with van der Waals surface area (Å²) in [5, 5.41) is 3.36. The molecule has 1 N–H and O–H groups in total. The molecule has 4 nitrogen and oxygen atoms in total. The molecule has 1 atom stereocenters. The average molecular weight is 500 g/mol. The first-order valence-corrected chi connectivity index (χ1v) is 14.3. The predicted octanol–water partition coefficient (Wildman–Crippen LogP) is 7.05. The summed E-state index contributed by atoms with van der Waals surface area (Å²) in [5.41, 5.74) is 6.89. The third-order valence-corrected chi connectivity index (χ3v) is 8.99. The van der Waals surface area contributed by atoms with Crippen molar-refractivity contribution >= 4 is 28.8 Å². The van der Waals surface area contributed by atoms with Crippen LogP contribution in [0.4, 0.5) is 5.69 Å². The molecule has 0 spiro atoms. The molecule has 1 aliphatic heterocycles. The van der Waals surface area contributed by atoms with Crippen molar-refractivity contribution in [1.29, 1.82) is 0 Å². The van der Waals surface area contributed by atoms with Crippen LogP contribution < -0.4 is 10.1 Å². The summed E-state index contributed by atoms with van der Waals surface area (Å²) >= 11 is -0.830. The lowest BCUT2D eigenvalue weighted by Gasteiger charge is -2.25. The van der Waals surface area contributed by atoms with E-state index in [0.29, 0.717) is 29.6 Å². The topological polar surface area (TPSA) is 61.4 Å². The highest BCUT2D eigenvalue weighted by Gasteiger charge is 2.25. The van der Waals surface area contributed by atoms with Crippen molar-refractivity contribution in [1.82, 2.24) is 0 Å². The molecule has 3 aromatic rings. The minimum absolute atomic E-state index is 0.119. The van der Waals surface area contributed by atoms with Gasteiger partial charge in [-0.2, -0.15) is 0 Å². The van der Waals surface area contributed by atoms with E-state index in [1.807, 2.05) is 48.5 Å². The van der Waals surface area contributed by atoms with Crippen LogP contribution in [0.25, 0.3) is 17.2 Å². The molecule has 0 saturated heterocycles. The van der Waals surface area contributed by atoms with Gasteiger partial charge in [-0.25, -0.2) is 0 Å². The standard InChI is InChI=1S/C31H33NO3S/c1-22-7-5-6-10-29(22)24-13-16-30-26(19-24)20-25(17-18-35-30)31(33)32-27-14-11-23(12-15-27)21-36(34)28-8-3-2-4-9-28/h5-7,10-16,19-20,28H,2-4,8-9,17-18,21H2,1H3,(H,32,33). The number of nitrogens with one attached hydrogen (secondary N) is 1. The van der Waals surface area contributed by atoms with E-state index in [2.05, 4.69) is 36.5 Å². The molecule has 1 aliphatic carbocycles. The number of fused-ring (bicyclic) bond motifs is 1. The third kappa shape index (κ3) is 5.85. The number of carbonyl (C=O) groups excluding carboxylic acids is 1. The smallest absolute Gasteiger partial charge is 0.251 e. The second kappa shape index (κ2) is 11.4. The van der Waals surface area contributed by atoms with Gasteiger partial charge in [0.2, 0.25) is 0 Å². The Morgan fingerprint density at radius 3 is 2.58 bits per heavy atom. The molecule has 0 radical (unpaired) electrons. The van der Waals surface area contributed by atoms with Gasteiger partial charge < -0.3 is 14.6 Å². The lowest BCUT2D eigenvalue weighted by molar-refractivity contribution is -0.113. The quantitative estimate of drug-likeness (QED) is 0.370. The maximum atomic E-state index is 13.1. The van der Waals surface area contributed by atoms with E-state index in [9.17, 15) is 9.35 Å². The molecule has 1 unspecified atom stereocenters. The zero-order chi connectivity index (χ0) is 24.9. The minimum atomic E-state index is -0.830. The van der Waals surface area contributed by atoms with Gasteiger partial charge in [0.05, 0.1) is 6.61 Å². The Bertz CT molecular complexity index is 1240. The Balaban J connectivity index is 1.27. The van der Waals surface area contributed by atoms with Crippen LogP contribution in [0.2, 0.25) is 0 Å². The molecule has 186 valence electrons. The average Bonchev–Trinajstić information content (AvgIpc) is 3.13. The van der Waals surface area contributed by atoms with E-state index < -0.39 is 11.2 Å². The van der Waals surface area contributed by atoms with Crippen molar-refractivity contribution < 1.29 is 14.1 Å². The maximum absolute atomic E-state index is 13.1. The molecule has 0 aromatic heterocycles. The molecule has 1 fully saturated rings. The number of hydrogen-bond acceptors (Lipinski definition) is 3. The summed E-state index contributed by atoms with van der Waals surface area (Å²) in [5.74, 6) is 1.26. The van der Waals surface area contributed by atoms with E-state index in [1.54, 1.807) is 0 Å². The Labute approximate surface area is 217 Å². The summed E-state index contributed by atoms with van der Waals surface area (Å²) in [4.78, 5) is 13.1. The fraction of sp³-hybridized carbons (Fsp3) is 0.323. The maximum Gasteiger partial charge on any atom is 0.251 e. The van der Waals surface area contributed by atoms with Gasteiger partial charge in [-0.15, -0.1) is 0 Å². The first kappa shape index (κ1) is 24.7. The van der Waals surface area contributed by atoms with E-state index in [1.165, 1.54) is 30.4 Å². The van der Waals surface area contributed by atoms with Crippen LogP contribution in [0.1, 0.15) is 55.2 Å². The second-order valence-corrected chi connectivity index (χ2v) is 11.5. The molecule has 5 heteroatoms. The third-order valence-electron chi connectivity index (χ3n) is 7.16. The van der Waals surface area contributed by atoms with Gasteiger partial charge in [-0.1, -0.05) is 48.9 Å². The monoisotopic (exact) mass is 499 g/mol. The highest BCUT2D eigenvalue weighted by atomic mass is 32.2. The van der Waals surface area contributed by atoms with Gasteiger partial charge in [-0.05, 0) is 90.8 Å². The number of hydrogen-bond donors (Lipinski definition) is 1. The van der Waals surface area contributed by atoms with Gasteiger partial charge in [0.25, 0.3) is 5.91 Å². The molecule has 5 rings (SSSR count). The van der Waals surface area contributed by atoms with Crippen LogP contribution >= 0.6 is 0 Å². The first-order chi connectivity index (χ1) is 17.6. The Morgan fingerprint density at radius 2 is 1.81 bits per heavy atom. The molecule has 2 aliphatic rings. The predicted molar refractivity (Wildman–Crippen MR) is 148 cm³/mol. The SMILES string of the molecule is Cc1ccccc1-c1ccc2c(c1)C=C(C(=O)Nc1ccc(C[S+]([O-])C3CCCCC3)cc1)CCO2. The molecule has 36 heavy (non-hydrogen) atoms. The molecule has 1 saturated carbocycles. The summed E-state index contributed by atoms with van der Waals surface area (Å²) < 4.78 is 18.7. The largest absolute Gasteiger partial charge is 0.616 e. The van der Waals surface area contributed by atoms with Crippen LogP contribution in [0.15, 0.2) is 72.3 Å². The second-order valence-electron chi connectivity index (χ2n) is 9.77. The van der Waals surface area contributed by atoms with E-state index in [0.717, 1.165) is 41.0 Å². The van der Waals surface area contributed by atoms with Crippen LogP contribution in [0.5, 0.6) is 5.75 Å². The summed E-state index contributed by atoms with van der Waals surface area (Å²) in [6.07, 6.45) is 8.30. The zero-order valence-corrected chi connectivity index (χ0v) is 21.6. The number of benzene rings is 3. The highest BCUT2D eigenvalue weighted by Crippen LogP contribution is 2.32. The van der Waals surface area contributed by atoms with Gasteiger partial charge in [0.15, 0.2) is 0 Å². The number of rotatable bonds is 6. The zero-order valence-electron chi connectivity index (χ0n) is 20.8. The van der Waals surface area contributed by atoms with E-state index >= 15 is 0 Å². The molecule has 1 heterocycles. The van der Waals surface area contributed by atoms with Crippen molar-refractivity contribution in [2.45, 2.75) is 56.5 Å². The number of aryl methyl sites for hydroxylation is 1. The van der Waals surface area contributed by atoms with E-state index in [4.69, 9.17) is 4.74 Å². The number of amides is 1. The number of anilines is 1. The fourth-order valence-electron chi connectivity index (χ4n) is 5.07. The van der Waals surface area contributed by atoms with Crippen molar-refractivity contribution in [2.75, 3.05) is 11.9 Å². The van der Waals surface area contributed by atoms with Gasteiger partial charge in [-0.3, -0.25) is 4.79 Å². The summed E-state index contributed by atoms with van der Waals surface area (Å²) in [6, 6.07) is 22.2. The summed E-state index contributed by atoms with van der Waals surface area (Å²) in [6.45, 7) is 2.56. The molecule has 0 bridgehead atoms. The van der Waals surface area contributed by atoms with Crippen molar-refractivity contribution in [3.8, 4) is 16.9 Å². The molecule has 1 amide bonds. The number of carbonyl (C=O) groups is 1. The highest BCUT2D eigenvalue weighted by molar-refractivity contribution is 7.91. The van der Waals surface area contributed by atoms with Crippen molar-refractivity contribution in [3.05, 3.63) is 89.0 Å². The van der Waals surface area contributed by atoms with Crippen molar-refractivity contribution in [2.24, 2.45) is 0 Å². The Hall–Kier alpha value is -3.02. The van der Waals surface area contributed by atoms with Gasteiger partial charge in [0.1, 0.15) is 16.8 Å². The van der Waals surface area contributed by atoms with Crippen LogP contribution in [-0.4, -0.2) is 22.3 Å². The van der Waals surface area contributed by atoms with Crippen LogP contribution in [-0.2, 0) is 21.7 Å². The Kier molecular flexibility index (Phi) is 7.78. The Morgan fingerprint density at radius 1 is 1.03 bits per heavy atom. The number of ether oxygens (including phenoxy) is 1. The summed E-state index contributed by atoms with van der Waals surface area (Å²) in [7, 11) is 0. The lowest BCUT2D eigenvalue weighted by atomic mass is 9.97. The molecule has 3 aromatic carbocycles. The van der Waals surface area contributed by atoms with Crippen LogP contribution in [0, 0.1) is 6.92 Å². The fourth-order valence-corrected chi connectivity index (χ4v) is 6.69. The molecular weight excluding hydrogens is 466 g/mol. The van der Waals surface area contributed by atoms with E-state index in [-0.39, 0.29) is 5.91 Å². The minimum Gasteiger partial charge on any atom is -0.616 e. The first-order valence-electron chi connectivity index (χ1n) is 12.9. The molecular formula is C31H33NO3S. The van der Waals surface area contributed by atoms with Gasteiger partial charge >= 0.3 is 0 Å². The van der Waals surface area contributed by atoms with Gasteiger partial charge in [0, 0.05) is 28.8 Å².